The molecule has 13 heteroatoms. The Bertz CT molecular complexity index is 1160. The minimum absolute atomic E-state index is 0.0871. The molecule has 1 saturated heterocycles. The number of thioether (sulfide) groups is 1. The van der Waals surface area contributed by atoms with Crippen molar-refractivity contribution in [3.63, 3.8) is 0 Å². The molecule has 1 aliphatic rings. The highest BCUT2D eigenvalue weighted by Gasteiger charge is 2.32. The number of phenols is 2. The zero-order valence-corrected chi connectivity index (χ0v) is 16.3. The van der Waals surface area contributed by atoms with Crippen molar-refractivity contribution >= 4 is 57.9 Å². The number of phenolic OH excluding ortho intramolecular Hbond substituents is 2. The average Bonchev–Trinajstić information content (AvgIpc) is 2.95. The fourth-order valence-electron chi connectivity index (χ4n) is 2.38. The Morgan fingerprint density at radius 1 is 1.00 bits per heavy atom. The van der Waals surface area contributed by atoms with Gasteiger partial charge in [-0.1, -0.05) is 17.8 Å². The third-order valence-electron chi connectivity index (χ3n) is 3.79. The van der Waals surface area contributed by atoms with Crippen LogP contribution in [0, 0.1) is 20.2 Å². The molecule has 2 aromatic rings. The Balaban J connectivity index is 1.85. The summed E-state index contributed by atoms with van der Waals surface area (Å²) in [6.45, 7) is 0. The minimum Gasteiger partial charge on any atom is -0.502 e. The lowest BCUT2D eigenvalue weighted by atomic mass is 10.1. The van der Waals surface area contributed by atoms with Crippen LogP contribution < -0.4 is 0 Å². The van der Waals surface area contributed by atoms with Gasteiger partial charge in [-0.2, -0.15) is 10.1 Å². The van der Waals surface area contributed by atoms with E-state index < -0.39 is 38.6 Å². The van der Waals surface area contributed by atoms with Gasteiger partial charge in [0.15, 0.2) is 15.8 Å². The van der Waals surface area contributed by atoms with E-state index in [1.54, 1.807) is 0 Å². The van der Waals surface area contributed by atoms with Crippen LogP contribution in [0.5, 0.6) is 11.5 Å². The number of nitrogens with zero attached hydrogens (tertiary/aromatic N) is 4. The molecule has 0 spiro atoms. The Morgan fingerprint density at radius 3 is 2.10 bits per heavy atom. The molecule has 152 valence electrons. The molecule has 0 radical (unpaired) electrons. The molecule has 0 saturated carbocycles. The SMILES string of the molecule is O=C1/C(=C/c2ccc(O)c([N+](=O)[O-])c2)SC(=S)N1/N=C/c1ccc(O)c([N+](=O)[O-])c1. The van der Waals surface area contributed by atoms with E-state index >= 15 is 0 Å². The van der Waals surface area contributed by atoms with E-state index in [9.17, 15) is 35.2 Å². The first-order valence-corrected chi connectivity index (χ1v) is 9.16. The predicted molar refractivity (Wildman–Crippen MR) is 112 cm³/mol. The Kier molecular flexibility index (Phi) is 5.75. The van der Waals surface area contributed by atoms with Crippen LogP contribution in [0.15, 0.2) is 46.4 Å². The molecule has 0 aliphatic carbocycles. The van der Waals surface area contributed by atoms with Gasteiger partial charge in [0.25, 0.3) is 5.91 Å². The number of nitro groups is 2. The van der Waals surface area contributed by atoms with E-state index in [-0.39, 0.29) is 14.8 Å². The largest absolute Gasteiger partial charge is 0.502 e. The van der Waals surface area contributed by atoms with Crippen LogP contribution in [0.3, 0.4) is 0 Å². The number of benzene rings is 2. The third-order valence-corrected chi connectivity index (χ3v) is 5.07. The molecule has 1 amide bonds. The van der Waals surface area contributed by atoms with Crippen molar-refractivity contribution in [3.8, 4) is 11.5 Å². The van der Waals surface area contributed by atoms with Gasteiger partial charge in [-0.15, -0.1) is 0 Å². The topological polar surface area (TPSA) is 159 Å². The summed E-state index contributed by atoms with van der Waals surface area (Å²) < 4.78 is 0.0871. The van der Waals surface area contributed by atoms with Crippen LogP contribution in [0.2, 0.25) is 0 Å². The van der Waals surface area contributed by atoms with Crippen molar-refractivity contribution in [3.05, 3.63) is 72.7 Å². The number of thiocarbonyl (C=S) groups is 1. The van der Waals surface area contributed by atoms with E-state index in [0.29, 0.717) is 5.56 Å². The molecule has 0 aromatic heterocycles. The Morgan fingerprint density at radius 2 is 1.53 bits per heavy atom. The van der Waals surface area contributed by atoms with Gasteiger partial charge in [0.1, 0.15) is 0 Å². The number of aromatic hydroxyl groups is 2. The van der Waals surface area contributed by atoms with E-state index in [0.717, 1.165) is 41.0 Å². The molecule has 11 nitrogen and oxygen atoms in total. The standard InChI is InChI=1S/C17H10N4O7S2/c22-13-3-1-9(5-11(13)20(25)26)7-15-16(24)19(17(29)30-15)18-8-10-2-4-14(23)12(6-10)21(27)28/h1-8,22-23H/b15-7-,18-8+. The van der Waals surface area contributed by atoms with Gasteiger partial charge in [-0.25, -0.2) is 0 Å². The summed E-state index contributed by atoms with van der Waals surface area (Å²) in [5, 5.41) is 45.7. The van der Waals surface area contributed by atoms with Gasteiger partial charge in [-0.05, 0) is 42.1 Å². The first-order chi connectivity index (χ1) is 14.2. The van der Waals surface area contributed by atoms with Crippen LogP contribution in [0.25, 0.3) is 6.08 Å². The summed E-state index contributed by atoms with van der Waals surface area (Å²) in [6, 6.07) is 7.23. The second kappa shape index (κ2) is 8.26. The number of amides is 1. The number of hydrazone groups is 1. The summed E-state index contributed by atoms with van der Waals surface area (Å²) in [4.78, 5) is 33.0. The number of carbonyl (C=O) groups is 1. The molecule has 1 fully saturated rings. The third kappa shape index (κ3) is 4.26. The van der Waals surface area contributed by atoms with Gasteiger partial charge in [0.05, 0.1) is 21.0 Å². The van der Waals surface area contributed by atoms with Gasteiger partial charge in [0, 0.05) is 17.7 Å². The summed E-state index contributed by atoms with van der Waals surface area (Å²) in [5.74, 6) is -1.60. The van der Waals surface area contributed by atoms with Crippen molar-refractivity contribution in [2.45, 2.75) is 0 Å². The lowest BCUT2D eigenvalue weighted by molar-refractivity contribution is -0.386. The highest BCUT2D eigenvalue weighted by Crippen LogP contribution is 2.34. The minimum atomic E-state index is -0.758. The summed E-state index contributed by atoms with van der Waals surface area (Å²) in [6.07, 6.45) is 2.54. The summed E-state index contributed by atoms with van der Waals surface area (Å²) in [5.41, 5.74) is -0.464. The van der Waals surface area contributed by atoms with Crippen molar-refractivity contribution in [1.82, 2.24) is 5.01 Å². The number of nitro benzene ring substituents is 2. The Labute approximate surface area is 177 Å². The second-order valence-electron chi connectivity index (χ2n) is 5.75. The van der Waals surface area contributed by atoms with Crippen LogP contribution >= 0.6 is 24.0 Å². The highest BCUT2D eigenvalue weighted by molar-refractivity contribution is 8.26. The van der Waals surface area contributed by atoms with E-state index in [4.69, 9.17) is 12.2 Å². The number of rotatable bonds is 5. The average molecular weight is 446 g/mol. The Hall–Kier alpha value is -3.84. The van der Waals surface area contributed by atoms with Crippen molar-refractivity contribution in [1.29, 1.82) is 0 Å². The smallest absolute Gasteiger partial charge is 0.311 e. The van der Waals surface area contributed by atoms with Gasteiger partial charge in [-0.3, -0.25) is 25.0 Å². The fourth-order valence-corrected chi connectivity index (χ4v) is 3.55. The van der Waals surface area contributed by atoms with Crippen molar-refractivity contribution in [2.75, 3.05) is 0 Å². The van der Waals surface area contributed by atoms with E-state index in [1.807, 2.05) is 0 Å². The first-order valence-electron chi connectivity index (χ1n) is 7.94. The number of hydrogen-bond acceptors (Lipinski definition) is 10. The summed E-state index contributed by atoms with van der Waals surface area (Å²) >= 11 is 6.03. The normalized spacial score (nSPS) is 15.3. The number of carbonyl (C=O) groups excluding carboxylic acids is 1. The maximum Gasteiger partial charge on any atom is 0.311 e. The van der Waals surface area contributed by atoms with Crippen LogP contribution in [-0.4, -0.2) is 41.5 Å². The van der Waals surface area contributed by atoms with E-state index in [2.05, 4.69) is 5.10 Å². The number of hydrogen-bond donors (Lipinski definition) is 2. The summed E-state index contributed by atoms with van der Waals surface area (Å²) in [7, 11) is 0. The molecule has 0 unspecified atom stereocenters. The molecule has 0 atom stereocenters. The lowest BCUT2D eigenvalue weighted by Gasteiger charge is -2.06. The fraction of sp³-hybridized carbons (Fsp3) is 0. The zero-order valence-electron chi connectivity index (χ0n) is 14.7. The molecular weight excluding hydrogens is 436 g/mol. The lowest BCUT2D eigenvalue weighted by Crippen LogP contribution is -2.22. The quantitative estimate of drug-likeness (QED) is 0.231. The molecule has 3 rings (SSSR count). The maximum atomic E-state index is 12.6. The van der Waals surface area contributed by atoms with Crippen LogP contribution in [0.1, 0.15) is 11.1 Å². The first kappa shape index (κ1) is 20.9. The van der Waals surface area contributed by atoms with Crippen LogP contribution in [0.4, 0.5) is 11.4 Å². The van der Waals surface area contributed by atoms with Crippen LogP contribution in [-0.2, 0) is 4.79 Å². The molecule has 2 aromatic carbocycles. The zero-order chi connectivity index (χ0) is 22.0. The molecule has 2 N–H and O–H groups in total. The van der Waals surface area contributed by atoms with Crippen molar-refractivity contribution in [2.24, 2.45) is 5.10 Å². The molecule has 0 bridgehead atoms. The highest BCUT2D eigenvalue weighted by atomic mass is 32.2. The monoisotopic (exact) mass is 446 g/mol. The molecule has 1 aliphatic heterocycles. The maximum absolute atomic E-state index is 12.6. The molecular formula is C17H10N4O7S2. The predicted octanol–water partition coefficient (Wildman–Crippen LogP) is 3.15. The molecule has 1 heterocycles. The molecule has 30 heavy (non-hydrogen) atoms. The van der Waals surface area contributed by atoms with Gasteiger partial charge in [0.2, 0.25) is 0 Å². The second-order valence-corrected chi connectivity index (χ2v) is 7.42. The van der Waals surface area contributed by atoms with Crippen molar-refractivity contribution < 1.29 is 24.9 Å². The van der Waals surface area contributed by atoms with E-state index in [1.165, 1.54) is 24.4 Å². The van der Waals surface area contributed by atoms with Gasteiger partial charge >= 0.3 is 11.4 Å². The van der Waals surface area contributed by atoms with Gasteiger partial charge < -0.3 is 10.2 Å².